The SMILES string of the molecule is O=C(CCSc1nnc(-c2ccco2)o1)N1CCCCC1. The molecule has 0 aromatic carbocycles. The van der Waals surface area contributed by atoms with E-state index in [1.165, 1.54) is 18.2 Å². The van der Waals surface area contributed by atoms with Crippen LogP contribution in [-0.2, 0) is 4.79 Å². The number of carbonyl (C=O) groups excluding carboxylic acids is 1. The van der Waals surface area contributed by atoms with Crippen LogP contribution < -0.4 is 0 Å². The van der Waals surface area contributed by atoms with Gasteiger partial charge in [0.15, 0.2) is 5.76 Å². The first kappa shape index (κ1) is 14.2. The molecule has 0 spiro atoms. The molecule has 0 aliphatic carbocycles. The third-order valence-electron chi connectivity index (χ3n) is 3.39. The topological polar surface area (TPSA) is 72.4 Å². The molecule has 3 heterocycles. The molecule has 1 saturated heterocycles. The third kappa shape index (κ3) is 3.66. The molecule has 1 amide bonds. The van der Waals surface area contributed by atoms with Crippen LogP contribution in [0.1, 0.15) is 25.7 Å². The number of rotatable bonds is 5. The van der Waals surface area contributed by atoms with Crippen LogP contribution in [0.3, 0.4) is 0 Å². The number of piperidine rings is 1. The van der Waals surface area contributed by atoms with Gasteiger partial charge in [0, 0.05) is 25.3 Å². The lowest BCUT2D eigenvalue weighted by Crippen LogP contribution is -2.35. The summed E-state index contributed by atoms with van der Waals surface area (Å²) in [5, 5.41) is 8.33. The molecule has 0 N–H and O–H groups in total. The zero-order valence-corrected chi connectivity index (χ0v) is 12.5. The van der Waals surface area contributed by atoms with Crippen LogP contribution in [0.5, 0.6) is 0 Å². The van der Waals surface area contributed by atoms with Crippen LogP contribution in [0.15, 0.2) is 32.5 Å². The average molecular weight is 307 g/mol. The number of amides is 1. The molecule has 7 heteroatoms. The highest BCUT2D eigenvalue weighted by Crippen LogP contribution is 2.24. The number of carbonyl (C=O) groups is 1. The summed E-state index contributed by atoms with van der Waals surface area (Å²) < 4.78 is 10.7. The summed E-state index contributed by atoms with van der Waals surface area (Å²) in [6.45, 7) is 1.79. The van der Waals surface area contributed by atoms with Crippen LogP contribution >= 0.6 is 11.8 Å². The fraction of sp³-hybridized carbons (Fsp3) is 0.500. The predicted octanol–water partition coefficient (Wildman–Crippen LogP) is 2.82. The molecule has 0 unspecified atom stereocenters. The van der Waals surface area contributed by atoms with Crippen molar-refractivity contribution in [2.24, 2.45) is 0 Å². The van der Waals surface area contributed by atoms with Crippen molar-refractivity contribution >= 4 is 17.7 Å². The van der Waals surface area contributed by atoms with Crippen molar-refractivity contribution < 1.29 is 13.6 Å². The Morgan fingerprint density at radius 3 is 2.90 bits per heavy atom. The van der Waals surface area contributed by atoms with Crippen molar-refractivity contribution in [3.05, 3.63) is 18.4 Å². The molecule has 0 bridgehead atoms. The van der Waals surface area contributed by atoms with Gasteiger partial charge in [0.2, 0.25) is 5.91 Å². The van der Waals surface area contributed by atoms with E-state index in [0.29, 0.717) is 29.0 Å². The second-order valence-electron chi connectivity index (χ2n) is 4.89. The Balaban J connectivity index is 1.46. The van der Waals surface area contributed by atoms with Gasteiger partial charge in [-0.1, -0.05) is 11.8 Å². The molecule has 112 valence electrons. The first-order valence-electron chi connectivity index (χ1n) is 7.11. The number of nitrogens with zero attached hydrogens (tertiary/aromatic N) is 3. The van der Waals surface area contributed by atoms with Crippen molar-refractivity contribution in [3.63, 3.8) is 0 Å². The normalized spacial score (nSPS) is 15.3. The number of thioether (sulfide) groups is 1. The van der Waals surface area contributed by atoms with Crippen molar-refractivity contribution in [2.75, 3.05) is 18.8 Å². The van der Waals surface area contributed by atoms with Crippen molar-refractivity contribution in [3.8, 4) is 11.7 Å². The molecule has 1 fully saturated rings. The van der Waals surface area contributed by atoms with Gasteiger partial charge < -0.3 is 13.7 Å². The standard InChI is InChI=1S/C14H17N3O3S/c18-12(17-7-2-1-3-8-17)6-10-21-14-16-15-13(20-14)11-5-4-9-19-11/h4-5,9H,1-3,6-8,10H2. The lowest BCUT2D eigenvalue weighted by atomic mass is 10.1. The molecule has 0 atom stereocenters. The molecule has 2 aromatic rings. The van der Waals surface area contributed by atoms with Crippen LogP contribution in [-0.4, -0.2) is 39.8 Å². The summed E-state index contributed by atoms with van der Waals surface area (Å²) in [7, 11) is 0. The van der Waals surface area contributed by atoms with E-state index in [4.69, 9.17) is 8.83 Å². The van der Waals surface area contributed by atoms with Crippen LogP contribution in [0.2, 0.25) is 0 Å². The monoisotopic (exact) mass is 307 g/mol. The Labute approximate surface area is 126 Å². The fourth-order valence-corrected chi connectivity index (χ4v) is 2.98. The van der Waals surface area contributed by atoms with Crippen molar-refractivity contribution in [1.29, 1.82) is 0 Å². The van der Waals surface area contributed by atoms with Gasteiger partial charge in [-0.3, -0.25) is 4.79 Å². The minimum absolute atomic E-state index is 0.216. The summed E-state index contributed by atoms with van der Waals surface area (Å²) in [6.07, 6.45) is 5.53. The summed E-state index contributed by atoms with van der Waals surface area (Å²) in [5.41, 5.74) is 0. The van der Waals surface area contributed by atoms with Gasteiger partial charge >= 0.3 is 0 Å². The van der Waals surface area contributed by atoms with E-state index in [9.17, 15) is 4.79 Å². The molecule has 3 rings (SSSR count). The molecule has 0 radical (unpaired) electrons. The Hall–Kier alpha value is -1.76. The van der Waals surface area contributed by atoms with Crippen LogP contribution in [0, 0.1) is 0 Å². The first-order valence-corrected chi connectivity index (χ1v) is 8.09. The maximum atomic E-state index is 12.0. The van der Waals surface area contributed by atoms with Gasteiger partial charge in [0.05, 0.1) is 6.26 Å². The van der Waals surface area contributed by atoms with E-state index < -0.39 is 0 Å². The highest BCUT2D eigenvalue weighted by Gasteiger charge is 2.17. The number of aromatic nitrogens is 2. The molecule has 21 heavy (non-hydrogen) atoms. The molecule has 0 saturated carbocycles. The molecular formula is C14H17N3O3S. The summed E-state index contributed by atoms with van der Waals surface area (Å²) in [4.78, 5) is 14.0. The second kappa shape index (κ2) is 6.80. The second-order valence-corrected chi connectivity index (χ2v) is 5.94. The van der Waals surface area contributed by atoms with Gasteiger partial charge in [0.1, 0.15) is 0 Å². The molecule has 1 aliphatic rings. The van der Waals surface area contributed by atoms with Gasteiger partial charge in [0.25, 0.3) is 11.1 Å². The van der Waals surface area contributed by atoms with Crippen LogP contribution in [0.25, 0.3) is 11.7 Å². The van der Waals surface area contributed by atoms with E-state index in [2.05, 4.69) is 10.2 Å². The highest BCUT2D eigenvalue weighted by atomic mass is 32.2. The number of hydrogen-bond donors (Lipinski definition) is 0. The molecule has 6 nitrogen and oxygen atoms in total. The lowest BCUT2D eigenvalue weighted by Gasteiger charge is -2.26. The van der Waals surface area contributed by atoms with Crippen LogP contribution in [0.4, 0.5) is 0 Å². The summed E-state index contributed by atoms with van der Waals surface area (Å²) in [5.74, 6) is 1.78. The largest absolute Gasteiger partial charge is 0.459 e. The Morgan fingerprint density at radius 2 is 2.14 bits per heavy atom. The Bertz CT molecular complexity index is 576. The Morgan fingerprint density at radius 1 is 1.29 bits per heavy atom. The average Bonchev–Trinajstić information content (AvgIpc) is 3.19. The van der Waals surface area contributed by atoms with E-state index >= 15 is 0 Å². The molecule has 2 aromatic heterocycles. The third-order valence-corrected chi connectivity index (χ3v) is 4.21. The van der Waals surface area contributed by atoms with Gasteiger partial charge in [-0.2, -0.15) is 0 Å². The number of furan rings is 1. The van der Waals surface area contributed by atoms with Crippen molar-refractivity contribution in [1.82, 2.24) is 15.1 Å². The minimum atomic E-state index is 0.216. The molecular weight excluding hydrogens is 290 g/mol. The fourth-order valence-electron chi connectivity index (χ4n) is 2.29. The van der Waals surface area contributed by atoms with E-state index in [0.717, 1.165) is 25.9 Å². The predicted molar refractivity (Wildman–Crippen MR) is 77.8 cm³/mol. The maximum Gasteiger partial charge on any atom is 0.284 e. The van der Waals surface area contributed by atoms with E-state index in [-0.39, 0.29) is 5.91 Å². The van der Waals surface area contributed by atoms with Crippen molar-refractivity contribution in [2.45, 2.75) is 30.9 Å². The first-order chi connectivity index (χ1) is 10.3. The molecule has 1 aliphatic heterocycles. The quantitative estimate of drug-likeness (QED) is 0.791. The minimum Gasteiger partial charge on any atom is -0.459 e. The zero-order chi connectivity index (χ0) is 14.5. The van der Waals surface area contributed by atoms with Gasteiger partial charge in [-0.15, -0.1) is 10.2 Å². The summed E-state index contributed by atoms with van der Waals surface area (Å²) >= 11 is 1.40. The van der Waals surface area contributed by atoms with E-state index in [1.807, 2.05) is 4.90 Å². The van der Waals surface area contributed by atoms with Gasteiger partial charge in [-0.25, -0.2) is 0 Å². The van der Waals surface area contributed by atoms with E-state index in [1.54, 1.807) is 18.4 Å². The number of hydrogen-bond acceptors (Lipinski definition) is 6. The number of likely N-dealkylation sites (tertiary alicyclic amines) is 1. The zero-order valence-electron chi connectivity index (χ0n) is 11.7. The highest BCUT2D eigenvalue weighted by molar-refractivity contribution is 7.99. The maximum absolute atomic E-state index is 12.0. The smallest absolute Gasteiger partial charge is 0.284 e. The lowest BCUT2D eigenvalue weighted by molar-refractivity contribution is -0.131. The summed E-state index contributed by atoms with van der Waals surface area (Å²) in [6, 6.07) is 3.53. The Kier molecular flexibility index (Phi) is 4.59. The van der Waals surface area contributed by atoms with Gasteiger partial charge in [-0.05, 0) is 31.4 Å².